The summed E-state index contributed by atoms with van der Waals surface area (Å²) in [6.07, 6.45) is 1.43. The molecular formula is C20H19N5O4. The van der Waals surface area contributed by atoms with Crippen LogP contribution in [0.2, 0.25) is 0 Å². The topological polar surface area (TPSA) is 128 Å². The van der Waals surface area contributed by atoms with Gasteiger partial charge in [0.1, 0.15) is 22.9 Å². The predicted molar refractivity (Wildman–Crippen MR) is 106 cm³/mol. The van der Waals surface area contributed by atoms with Crippen LogP contribution >= 0.6 is 0 Å². The van der Waals surface area contributed by atoms with Gasteiger partial charge in [0.2, 0.25) is 0 Å². The van der Waals surface area contributed by atoms with E-state index in [0.717, 1.165) is 10.9 Å². The molecule has 1 amide bonds. The Balaban J connectivity index is 2.03. The van der Waals surface area contributed by atoms with E-state index in [1.54, 1.807) is 6.07 Å². The molecule has 0 fully saturated rings. The standard InChI is InChI=1S/C20H19N5O4/c1-3-11-9-15(17(27)10-16(11)26)25-18(19(22-23-25)29-20(21)28)13-5-4-6-14-12(13)7-8-24(14)2/h4-10,26-27H,3H2,1-2H3,(H2,21,28). The summed E-state index contributed by atoms with van der Waals surface area (Å²) in [7, 11) is 1.92. The second kappa shape index (κ2) is 6.86. The number of hydrogen-bond acceptors (Lipinski definition) is 6. The zero-order chi connectivity index (χ0) is 20.7. The third-order valence-corrected chi connectivity index (χ3v) is 4.80. The Kier molecular flexibility index (Phi) is 4.34. The zero-order valence-corrected chi connectivity index (χ0v) is 15.8. The summed E-state index contributed by atoms with van der Waals surface area (Å²) in [5.41, 5.74) is 8.10. The Hall–Kier alpha value is -4.01. The van der Waals surface area contributed by atoms with Crippen LogP contribution in [-0.4, -0.2) is 35.9 Å². The lowest BCUT2D eigenvalue weighted by Gasteiger charge is -2.12. The van der Waals surface area contributed by atoms with E-state index in [1.807, 2.05) is 49.0 Å². The minimum absolute atomic E-state index is 0.0193. The molecule has 0 aliphatic heterocycles. The van der Waals surface area contributed by atoms with E-state index in [4.69, 9.17) is 10.5 Å². The Morgan fingerprint density at radius 3 is 2.72 bits per heavy atom. The predicted octanol–water partition coefficient (Wildman–Crippen LogP) is 2.86. The lowest BCUT2D eigenvalue weighted by Crippen LogP contribution is -2.17. The van der Waals surface area contributed by atoms with Gasteiger partial charge >= 0.3 is 6.09 Å². The third kappa shape index (κ3) is 3.02. The number of fused-ring (bicyclic) bond motifs is 1. The summed E-state index contributed by atoms with van der Waals surface area (Å²) in [5.74, 6) is -0.301. The maximum Gasteiger partial charge on any atom is 0.411 e. The number of phenolic OH excluding ortho intramolecular Hbond substituents is 2. The van der Waals surface area contributed by atoms with E-state index in [-0.39, 0.29) is 23.1 Å². The first-order chi connectivity index (χ1) is 13.9. The second-order valence-electron chi connectivity index (χ2n) is 6.56. The highest BCUT2D eigenvalue weighted by molar-refractivity contribution is 5.96. The van der Waals surface area contributed by atoms with Gasteiger partial charge in [0.25, 0.3) is 5.88 Å². The van der Waals surface area contributed by atoms with Crippen LogP contribution in [0.5, 0.6) is 17.4 Å². The van der Waals surface area contributed by atoms with Crippen molar-refractivity contribution in [2.45, 2.75) is 13.3 Å². The second-order valence-corrected chi connectivity index (χ2v) is 6.56. The Labute approximate surface area is 165 Å². The number of carbonyl (C=O) groups excluding carboxylic acids is 1. The number of phenols is 2. The largest absolute Gasteiger partial charge is 0.508 e. The number of aromatic hydroxyl groups is 2. The highest BCUT2D eigenvalue weighted by Crippen LogP contribution is 2.38. The zero-order valence-electron chi connectivity index (χ0n) is 15.8. The number of primary amides is 1. The quantitative estimate of drug-likeness (QED) is 0.489. The molecule has 0 saturated carbocycles. The molecule has 9 heteroatoms. The Morgan fingerprint density at radius 1 is 1.21 bits per heavy atom. The van der Waals surface area contributed by atoms with Crippen LogP contribution in [0.25, 0.3) is 27.8 Å². The van der Waals surface area contributed by atoms with Crippen molar-refractivity contribution in [2.24, 2.45) is 12.8 Å². The smallest absolute Gasteiger partial charge is 0.411 e. The maximum absolute atomic E-state index is 11.4. The molecule has 4 N–H and O–H groups in total. The number of hydrogen-bond donors (Lipinski definition) is 3. The SMILES string of the molecule is CCc1cc(-n2nnc(OC(N)=O)c2-c2cccc3c2ccn3C)c(O)cc1O. The average molecular weight is 393 g/mol. The first-order valence-electron chi connectivity index (χ1n) is 8.93. The van der Waals surface area contributed by atoms with Crippen molar-refractivity contribution in [3.8, 4) is 34.3 Å². The molecule has 0 atom stereocenters. The summed E-state index contributed by atoms with van der Waals surface area (Å²) >= 11 is 0. The molecule has 2 aromatic carbocycles. The maximum atomic E-state index is 11.4. The number of benzene rings is 2. The molecule has 0 aliphatic carbocycles. The van der Waals surface area contributed by atoms with Crippen molar-refractivity contribution in [3.05, 3.63) is 48.2 Å². The number of rotatable bonds is 4. The normalized spacial score (nSPS) is 11.1. The molecule has 0 spiro atoms. The minimum atomic E-state index is -1.03. The average Bonchev–Trinajstić information content (AvgIpc) is 3.25. The lowest BCUT2D eigenvalue weighted by molar-refractivity contribution is 0.209. The van der Waals surface area contributed by atoms with Crippen molar-refractivity contribution in [1.82, 2.24) is 19.6 Å². The van der Waals surface area contributed by atoms with E-state index >= 15 is 0 Å². The molecule has 0 unspecified atom stereocenters. The van der Waals surface area contributed by atoms with Crippen LogP contribution in [0.4, 0.5) is 4.79 Å². The van der Waals surface area contributed by atoms with Gasteiger partial charge in [-0.2, -0.15) is 0 Å². The van der Waals surface area contributed by atoms with Crippen molar-refractivity contribution in [3.63, 3.8) is 0 Å². The van der Waals surface area contributed by atoms with Crippen LogP contribution in [0.15, 0.2) is 42.6 Å². The van der Waals surface area contributed by atoms with Gasteiger partial charge in [-0.05, 0) is 30.2 Å². The summed E-state index contributed by atoms with van der Waals surface area (Å²) in [6, 6.07) is 10.4. The molecule has 4 rings (SSSR count). The molecule has 0 aliphatic rings. The molecular weight excluding hydrogens is 374 g/mol. The van der Waals surface area contributed by atoms with Gasteiger partial charge in [0, 0.05) is 35.8 Å². The molecule has 4 aromatic rings. The van der Waals surface area contributed by atoms with Crippen molar-refractivity contribution >= 4 is 17.0 Å². The number of ether oxygens (including phenoxy) is 1. The molecule has 2 aromatic heterocycles. The molecule has 0 radical (unpaired) electrons. The van der Waals surface area contributed by atoms with E-state index in [2.05, 4.69) is 10.3 Å². The fourth-order valence-corrected chi connectivity index (χ4v) is 3.40. The van der Waals surface area contributed by atoms with E-state index < -0.39 is 6.09 Å². The summed E-state index contributed by atoms with van der Waals surface area (Å²) in [4.78, 5) is 11.4. The van der Waals surface area contributed by atoms with E-state index in [9.17, 15) is 15.0 Å². The summed E-state index contributed by atoms with van der Waals surface area (Å²) in [5, 5.41) is 29.4. The van der Waals surface area contributed by atoms with E-state index in [0.29, 0.717) is 23.2 Å². The Bertz CT molecular complexity index is 1240. The minimum Gasteiger partial charge on any atom is -0.508 e. The molecule has 0 saturated heterocycles. The van der Waals surface area contributed by atoms with Gasteiger partial charge in [-0.3, -0.25) is 0 Å². The monoisotopic (exact) mass is 393 g/mol. The van der Waals surface area contributed by atoms with Crippen LogP contribution in [0.3, 0.4) is 0 Å². The van der Waals surface area contributed by atoms with Crippen LogP contribution in [-0.2, 0) is 13.5 Å². The summed E-state index contributed by atoms with van der Waals surface area (Å²) < 4.78 is 8.41. The highest BCUT2D eigenvalue weighted by Gasteiger charge is 2.24. The van der Waals surface area contributed by atoms with Crippen LogP contribution < -0.4 is 10.5 Å². The molecule has 2 heterocycles. The fraction of sp³-hybridized carbons (Fsp3) is 0.150. The fourth-order valence-electron chi connectivity index (χ4n) is 3.40. The van der Waals surface area contributed by atoms with Crippen molar-refractivity contribution < 1.29 is 19.7 Å². The number of nitrogens with two attached hydrogens (primary N) is 1. The Morgan fingerprint density at radius 2 is 2.00 bits per heavy atom. The molecule has 29 heavy (non-hydrogen) atoms. The van der Waals surface area contributed by atoms with Gasteiger partial charge in [-0.1, -0.05) is 29.4 Å². The highest BCUT2D eigenvalue weighted by atomic mass is 16.6. The van der Waals surface area contributed by atoms with Crippen LogP contribution in [0, 0.1) is 0 Å². The van der Waals surface area contributed by atoms with Crippen molar-refractivity contribution in [1.29, 1.82) is 0 Å². The number of amides is 1. The van der Waals surface area contributed by atoms with E-state index in [1.165, 1.54) is 10.7 Å². The third-order valence-electron chi connectivity index (χ3n) is 4.80. The first-order valence-corrected chi connectivity index (χ1v) is 8.93. The molecule has 9 nitrogen and oxygen atoms in total. The number of aryl methyl sites for hydroxylation is 2. The number of nitrogens with zero attached hydrogens (tertiary/aromatic N) is 4. The first kappa shape index (κ1) is 18.4. The van der Waals surface area contributed by atoms with Gasteiger partial charge in [-0.25, -0.2) is 9.48 Å². The van der Waals surface area contributed by atoms with Gasteiger partial charge in [0.15, 0.2) is 0 Å². The number of aromatic nitrogens is 4. The van der Waals surface area contributed by atoms with Crippen LogP contribution in [0.1, 0.15) is 12.5 Å². The van der Waals surface area contributed by atoms with Gasteiger partial charge in [0.05, 0.1) is 0 Å². The number of carbonyl (C=O) groups is 1. The lowest BCUT2D eigenvalue weighted by atomic mass is 10.1. The summed E-state index contributed by atoms with van der Waals surface area (Å²) in [6.45, 7) is 1.88. The molecule has 148 valence electrons. The van der Waals surface area contributed by atoms with Crippen molar-refractivity contribution in [2.75, 3.05) is 0 Å². The van der Waals surface area contributed by atoms with Gasteiger partial charge < -0.3 is 25.3 Å². The van der Waals surface area contributed by atoms with Gasteiger partial charge in [-0.15, -0.1) is 0 Å². The molecule has 0 bridgehead atoms.